The van der Waals surface area contributed by atoms with Gasteiger partial charge in [0.1, 0.15) is 13.2 Å². The zero-order chi connectivity index (χ0) is 18.6. The molecule has 1 aliphatic heterocycles. The highest BCUT2D eigenvalue weighted by Gasteiger charge is 2.16. The summed E-state index contributed by atoms with van der Waals surface area (Å²) in [6, 6.07) is 11.6. The number of benzene rings is 2. The van der Waals surface area contributed by atoms with E-state index >= 15 is 0 Å². The lowest BCUT2D eigenvalue weighted by molar-refractivity contribution is -0.120. The monoisotopic (exact) mass is 385 g/mol. The molecule has 2 heterocycles. The van der Waals surface area contributed by atoms with Gasteiger partial charge in [-0.2, -0.15) is 5.10 Å². The van der Waals surface area contributed by atoms with E-state index in [0.29, 0.717) is 36.3 Å². The Morgan fingerprint density at radius 3 is 2.81 bits per heavy atom. The van der Waals surface area contributed by atoms with Crippen molar-refractivity contribution >= 4 is 28.4 Å². The third-order valence-corrected chi connectivity index (χ3v) is 4.83. The van der Waals surface area contributed by atoms with E-state index < -0.39 is 0 Å². The van der Waals surface area contributed by atoms with Crippen molar-refractivity contribution in [1.82, 2.24) is 15.1 Å². The van der Waals surface area contributed by atoms with Gasteiger partial charge in [-0.3, -0.25) is 9.48 Å². The summed E-state index contributed by atoms with van der Waals surface area (Å²) in [5, 5.41) is 8.96. The summed E-state index contributed by atoms with van der Waals surface area (Å²) in [6.07, 6.45) is 2.87. The summed E-state index contributed by atoms with van der Waals surface area (Å²) in [5.74, 6) is 1.19. The van der Waals surface area contributed by atoms with Gasteiger partial charge in [-0.15, -0.1) is 0 Å². The summed E-state index contributed by atoms with van der Waals surface area (Å²) in [6.45, 7) is 2.34. The lowest BCUT2D eigenvalue weighted by Gasteiger charge is -2.19. The molecule has 0 spiro atoms. The standard InChI is InChI=1S/C20H20ClN3O3/c21-16-12-19-18(26-8-9-27-19)10-15(16)11-20(25)22-6-3-7-24-17-5-2-1-4-14(17)13-23-24/h1-2,4-5,10,12-13H,3,6-9,11H2,(H,22,25). The first-order valence-electron chi connectivity index (χ1n) is 8.96. The number of hydrogen-bond donors (Lipinski definition) is 1. The smallest absolute Gasteiger partial charge is 0.224 e. The molecule has 2 aromatic carbocycles. The van der Waals surface area contributed by atoms with Crippen LogP contribution in [0.1, 0.15) is 12.0 Å². The molecule has 1 aliphatic rings. The van der Waals surface area contributed by atoms with E-state index in [1.807, 2.05) is 35.1 Å². The minimum atomic E-state index is -0.0705. The highest BCUT2D eigenvalue weighted by atomic mass is 35.5. The number of ether oxygens (including phenoxy) is 2. The molecule has 0 fully saturated rings. The molecule has 0 aliphatic carbocycles. The Labute approximate surface area is 162 Å². The quantitative estimate of drug-likeness (QED) is 0.662. The first-order chi connectivity index (χ1) is 13.2. The van der Waals surface area contributed by atoms with Crippen LogP contribution < -0.4 is 14.8 Å². The van der Waals surface area contributed by atoms with E-state index in [9.17, 15) is 4.79 Å². The van der Waals surface area contributed by atoms with Crippen LogP contribution in [-0.4, -0.2) is 35.4 Å². The summed E-state index contributed by atoms with van der Waals surface area (Å²) >= 11 is 6.26. The Bertz CT molecular complexity index is 970. The second-order valence-corrected chi connectivity index (χ2v) is 6.80. The van der Waals surface area contributed by atoms with Crippen LogP contribution in [0.4, 0.5) is 0 Å². The third-order valence-electron chi connectivity index (χ3n) is 4.48. The van der Waals surface area contributed by atoms with Gasteiger partial charge in [0.15, 0.2) is 11.5 Å². The molecule has 7 heteroatoms. The van der Waals surface area contributed by atoms with Crippen LogP contribution in [0.3, 0.4) is 0 Å². The number of rotatable bonds is 6. The zero-order valence-corrected chi connectivity index (χ0v) is 15.5. The molecule has 0 unspecified atom stereocenters. The molecule has 3 aromatic rings. The summed E-state index contributed by atoms with van der Waals surface area (Å²) < 4.78 is 13.0. The minimum Gasteiger partial charge on any atom is -0.486 e. The fraction of sp³-hybridized carbons (Fsp3) is 0.300. The number of aryl methyl sites for hydroxylation is 1. The molecule has 4 rings (SSSR count). The van der Waals surface area contributed by atoms with Gasteiger partial charge in [-0.1, -0.05) is 29.8 Å². The first-order valence-corrected chi connectivity index (χ1v) is 9.34. The molecule has 6 nitrogen and oxygen atoms in total. The number of carbonyl (C=O) groups is 1. The SMILES string of the molecule is O=C(Cc1cc2c(cc1Cl)OCCO2)NCCCn1ncc2ccccc21. The van der Waals surface area contributed by atoms with Crippen molar-refractivity contribution in [3.8, 4) is 11.5 Å². The van der Waals surface area contributed by atoms with Crippen molar-refractivity contribution < 1.29 is 14.3 Å². The molecule has 0 saturated carbocycles. The molecule has 0 saturated heterocycles. The van der Waals surface area contributed by atoms with Crippen LogP contribution in [0.25, 0.3) is 10.9 Å². The van der Waals surface area contributed by atoms with Gasteiger partial charge < -0.3 is 14.8 Å². The lowest BCUT2D eigenvalue weighted by Crippen LogP contribution is -2.27. The fourth-order valence-corrected chi connectivity index (χ4v) is 3.36. The molecular formula is C20H20ClN3O3. The molecule has 0 radical (unpaired) electrons. The number of nitrogens with one attached hydrogen (secondary N) is 1. The Hall–Kier alpha value is -2.73. The number of aromatic nitrogens is 2. The van der Waals surface area contributed by atoms with E-state index in [-0.39, 0.29) is 12.3 Å². The van der Waals surface area contributed by atoms with Gasteiger partial charge in [-0.05, 0) is 24.1 Å². The minimum absolute atomic E-state index is 0.0705. The van der Waals surface area contributed by atoms with Crippen molar-refractivity contribution in [2.75, 3.05) is 19.8 Å². The summed E-state index contributed by atoms with van der Waals surface area (Å²) in [5.41, 5.74) is 1.84. The van der Waals surface area contributed by atoms with Gasteiger partial charge in [0.2, 0.25) is 5.91 Å². The molecule has 1 amide bonds. The van der Waals surface area contributed by atoms with Gasteiger partial charge in [0, 0.05) is 29.6 Å². The number of fused-ring (bicyclic) bond motifs is 2. The Kier molecular flexibility index (Phi) is 5.16. The Morgan fingerprint density at radius 1 is 1.19 bits per heavy atom. The number of amides is 1. The molecular weight excluding hydrogens is 366 g/mol. The zero-order valence-electron chi connectivity index (χ0n) is 14.8. The average molecular weight is 386 g/mol. The maximum absolute atomic E-state index is 12.2. The number of halogens is 1. The van der Waals surface area contributed by atoms with Crippen LogP contribution in [-0.2, 0) is 17.8 Å². The largest absolute Gasteiger partial charge is 0.486 e. The number of nitrogens with zero attached hydrogens (tertiary/aromatic N) is 2. The van der Waals surface area contributed by atoms with E-state index in [1.54, 1.807) is 12.1 Å². The van der Waals surface area contributed by atoms with E-state index in [4.69, 9.17) is 21.1 Å². The highest BCUT2D eigenvalue weighted by molar-refractivity contribution is 6.31. The molecule has 27 heavy (non-hydrogen) atoms. The molecule has 1 N–H and O–H groups in total. The normalized spacial score (nSPS) is 12.9. The third kappa shape index (κ3) is 4.01. The van der Waals surface area contributed by atoms with Crippen molar-refractivity contribution in [2.24, 2.45) is 0 Å². The van der Waals surface area contributed by atoms with Gasteiger partial charge in [0.05, 0.1) is 18.1 Å². The average Bonchev–Trinajstić information content (AvgIpc) is 3.09. The summed E-state index contributed by atoms with van der Waals surface area (Å²) in [7, 11) is 0. The van der Waals surface area contributed by atoms with E-state index in [0.717, 1.165) is 29.4 Å². The second-order valence-electron chi connectivity index (χ2n) is 6.39. The molecule has 0 bridgehead atoms. The molecule has 0 atom stereocenters. The first kappa shape index (κ1) is 17.7. The lowest BCUT2D eigenvalue weighted by atomic mass is 10.1. The van der Waals surface area contributed by atoms with E-state index in [1.165, 1.54) is 0 Å². The maximum atomic E-state index is 12.2. The van der Waals surface area contributed by atoms with Crippen LogP contribution in [0.15, 0.2) is 42.6 Å². The maximum Gasteiger partial charge on any atom is 0.224 e. The topological polar surface area (TPSA) is 65.4 Å². The molecule has 140 valence electrons. The van der Waals surface area contributed by atoms with Crippen molar-refractivity contribution in [3.05, 3.63) is 53.2 Å². The predicted molar refractivity (Wildman–Crippen MR) is 104 cm³/mol. The highest BCUT2D eigenvalue weighted by Crippen LogP contribution is 2.35. The second kappa shape index (κ2) is 7.88. The Balaban J connectivity index is 1.29. The van der Waals surface area contributed by atoms with Gasteiger partial charge in [-0.25, -0.2) is 0 Å². The van der Waals surface area contributed by atoms with Crippen LogP contribution in [0.2, 0.25) is 5.02 Å². The van der Waals surface area contributed by atoms with Crippen molar-refractivity contribution in [1.29, 1.82) is 0 Å². The number of carbonyl (C=O) groups excluding carboxylic acids is 1. The van der Waals surface area contributed by atoms with Gasteiger partial charge >= 0.3 is 0 Å². The van der Waals surface area contributed by atoms with Crippen LogP contribution in [0.5, 0.6) is 11.5 Å². The van der Waals surface area contributed by atoms with Crippen LogP contribution in [0, 0.1) is 0 Å². The number of hydrogen-bond acceptors (Lipinski definition) is 4. The predicted octanol–water partition coefficient (Wildman–Crippen LogP) is 3.21. The van der Waals surface area contributed by atoms with Crippen molar-refractivity contribution in [3.63, 3.8) is 0 Å². The van der Waals surface area contributed by atoms with Crippen molar-refractivity contribution in [2.45, 2.75) is 19.4 Å². The number of para-hydroxylation sites is 1. The van der Waals surface area contributed by atoms with Crippen LogP contribution >= 0.6 is 11.6 Å². The molecule has 1 aromatic heterocycles. The Morgan fingerprint density at radius 2 is 1.96 bits per heavy atom. The van der Waals surface area contributed by atoms with E-state index in [2.05, 4.69) is 10.4 Å². The summed E-state index contributed by atoms with van der Waals surface area (Å²) in [4.78, 5) is 12.2. The fourth-order valence-electron chi connectivity index (χ4n) is 3.14. The van der Waals surface area contributed by atoms with Gasteiger partial charge in [0.25, 0.3) is 0 Å².